The molecule has 0 aliphatic rings. The van der Waals surface area contributed by atoms with E-state index in [4.69, 9.17) is 32.9 Å². The maximum atomic E-state index is 12.3. The van der Waals surface area contributed by atoms with Gasteiger partial charge < -0.3 is 9.52 Å². The van der Waals surface area contributed by atoms with Gasteiger partial charge in [-0.25, -0.2) is 0 Å². The molecule has 0 saturated carbocycles. The fourth-order valence-corrected chi connectivity index (χ4v) is 2.69. The summed E-state index contributed by atoms with van der Waals surface area (Å²) in [5.41, 5.74) is 0.578. The number of fused-ring (bicyclic) bond motifs is 1. The topological polar surface area (TPSA) is 74.2 Å². The van der Waals surface area contributed by atoms with Gasteiger partial charge in [0.15, 0.2) is 11.2 Å². The van der Waals surface area contributed by atoms with Crippen LogP contribution < -0.4 is 5.43 Å². The van der Waals surface area contributed by atoms with Crippen molar-refractivity contribution in [2.45, 2.75) is 0 Å². The van der Waals surface area contributed by atoms with E-state index in [-0.39, 0.29) is 32.5 Å². The van der Waals surface area contributed by atoms with Crippen molar-refractivity contribution in [2.75, 3.05) is 0 Å². The third-order valence-corrected chi connectivity index (χ3v) is 3.86. The third kappa shape index (κ3) is 2.21. The molecule has 6 heteroatoms. The molecule has 0 aliphatic carbocycles. The summed E-state index contributed by atoms with van der Waals surface area (Å²) in [5, 5.41) is 18.7. The van der Waals surface area contributed by atoms with Gasteiger partial charge in [0.1, 0.15) is 11.3 Å². The van der Waals surface area contributed by atoms with Crippen LogP contribution in [0, 0.1) is 11.3 Å². The Balaban J connectivity index is 2.38. The van der Waals surface area contributed by atoms with E-state index in [0.717, 1.165) is 0 Å². The van der Waals surface area contributed by atoms with E-state index in [9.17, 15) is 9.90 Å². The van der Waals surface area contributed by atoms with E-state index >= 15 is 0 Å². The molecule has 22 heavy (non-hydrogen) atoms. The molecule has 0 bridgehead atoms. The predicted octanol–water partition coefficient (Wildman–Crippen LogP) is 4.34. The highest BCUT2D eigenvalue weighted by Crippen LogP contribution is 2.38. The van der Waals surface area contributed by atoms with E-state index in [1.807, 2.05) is 6.07 Å². The lowest BCUT2D eigenvalue weighted by molar-refractivity contribution is 0.476. The zero-order valence-corrected chi connectivity index (χ0v) is 12.4. The van der Waals surface area contributed by atoms with Crippen LogP contribution in [0.1, 0.15) is 5.56 Å². The summed E-state index contributed by atoms with van der Waals surface area (Å²) in [6, 6.07) is 11.3. The maximum Gasteiger partial charge on any atom is 0.194 e. The molecule has 0 atom stereocenters. The molecule has 3 rings (SSSR count). The first-order valence-electron chi connectivity index (χ1n) is 6.17. The van der Waals surface area contributed by atoms with Crippen molar-refractivity contribution in [1.82, 2.24) is 0 Å². The van der Waals surface area contributed by atoms with Crippen molar-refractivity contribution in [3.8, 4) is 23.1 Å². The maximum absolute atomic E-state index is 12.3. The molecule has 3 aromatic rings. The molecule has 0 unspecified atom stereocenters. The number of nitriles is 1. The molecule has 0 radical (unpaired) electrons. The lowest BCUT2D eigenvalue weighted by atomic mass is 10.1. The monoisotopic (exact) mass is 331 g/mol. The summed E-state index contributed by atoms with van der Waals surface area (Å²) in [5.74, 6) is -0.138. The van der Waals surface area contributed by atoms with E-state index in [0.29, 0.717) is 11.1 Å². The van der Waals surface area contributed by atoms with Crippen molar-refractivity contribution in [3.63, 3.8) is 0 Å². The van der Waals surface area contributed by atoms with E-state index in [1.165, 1.54) is 12.1 Å². The molecule has 0 amide bonds. The first-order valence-corrected chi connectivity index (χ1v) is 6.93. The number of hydrogen-bond donors (Lipinski definition) is 1. The highest BCUT2D eigenvalue weighted by atomic mass is 35.5. The smallest absolute Gasteiger partial charge is 0.194 e. The molecule has 1 aromatic heterocycles. The molecule has 0 spiro atoms. The SMILES string of the molecule is N#Cc1ccccc1-c1cc(=O)c2c(Cl)c(O)c(Cl)cc2o1. The highest BCUT2D eigenvalue weighted by molar-refractivity contribution is 6.40. The fraction of sp³-hybridized carbons (Fsp3) is 0. The molecule has 108 valence electrons. The number of halogens is 2. The Morgan fingerprint density at radius 2 is 1.91 bits per heavy atom. The lowest BCUT2D eigenvalue weighted by Crippen LogP contribution is -2.02. The number of phenols is 1. The van der Waals surface area contributed by atoms with Crippen LogP contribution in [0.4, 0.5) is 0 Å². The molecule has 0 saturated heterocycles. The van der Waals surface area contributed by atoms with E-state index < -0.39 is 5.43 Å². The Bertz CT molecular complexity index is 1000. The van der Waals surface area contributed by atoms with Crippen molar-refractivity contribution >= 4 is 34.2 Å². The number of benzene rings is 2. The minimum absolute atomic E-state index is 0.0219. The minimum Gasteiger partial charge on any atom is -0.505 e. The van der Waals surface area contributed by atoms with Gasteiger partial charge in [-0.3, -0.25) is 4.79 Å². The Kier molecular flexibility index (Phi) is 3.53. The molecule has 4 nitrogen and oxygen atoms in total. The zero-order valence-electron chi connectivity index (χ0n) is 10.9. The first-order chi connectivity index (χ1) is 10.5. The zero-order chi connectivity index (χ0) is 15.9. The summed E-state index contributed by atoms with van der Waals surface area (Å²) >= 11 is 11.8. The van der Waals surface area contributed by atoms with Crippen LogP contribution in [0.3, 0.4) is 0 Å². The van der Waals surface area contributed by atoms with E-state index in [1.54, 1.807) is 24.3 Å². The van der Waals surface area contributed by atoms with Crippen LogP contribution in [0.5, 0.6) is 5.75 Å². The summed E-state index contributed by atoms with van der Waals surface area (Å²) in [6.07, 6.45) is 0. The lowest BCUT2D eigenvalue weighted by Gasteiger charge is -2.07. The van der Waals surface area contributed by atoms with Gasteiger partial charge >= 0.3 is 0 Å². The number of aromatic hydroxyl groups is 1. The van der Waals surface area contributed by atoms with Gasteiger partial charge in [-0.15, -0.1) is 0 Å². The van der Waals surface area contributed by atoms with Gasteiger partial charge in [0.25, 0.3) is 0 Å². The number of rotatable bonds is 1. The van der Waals surface area contributed by atoms with Crippen LogP contribution >= 0.6 is 23.2 Å². The summed E-state index contributed by atoms with van der Waals surface area (Å²) < 4.78 is 5.66. The number of hydrogen-bond acceptors (Lipinski definition) is 4. The second-order valence-electron chi connectivity index (χ2n) is 4.53. The van der Waals surface area contributed by atoms with E-state index in [2.05, 4.69) is 0 Å². The van der Waals surface area contributed by atoms with Crippen molar-refractivity contribution in [3.05, 3.63) is 62.2 Å². The average Bonchev–Trinajstić information content (AvgIpc) is 2.52. The van der Waals surface area contributed by atoms with Crippen LogP contribution in [0.15, 0.2) is 45.6 Å². The van der Waals surface area contributed by atoms with Crippen molar-refractivity contribution in [1.29, 1.82) is 5.26 Å². The summed E-state index contributed by atoms with van der Waals surface area (Å²) in [4.78, 5) is 12.3. The molecule has 2 aromatic carbocycles. The molecular weight excluding hydrogens is 325 g/mol. The normalized spacial score (nSPS) is 10.6. The fourth-order valence-electron chi connectivity index (χ4n) is 2.16. The number of nitrogens with zero attached hydrogens (tertiary/aromatic N) is 1. The standard InChI is InChI=1S/C16H7Cl2NO3/c17-10-5-13-14(15(18)16(10)21)11(20)6-12(22-13)9-4-2-1-3-8(9)7-19/h1-6,21H. The van der Waals surface area contributed by atoms with Crippen molar-refractivity contribution < 1.29 is 9.52 Å². The Morgan fingerprint density at radius 3 is 2.64 bits per heavy atom. The van der Waals surface area contributed by atoms with Gasteiger partial charge in [0, 0.05) is 17.7 Å². The Hall–Kier alpha value is -2.48. The Labute approximate surface area is 134 Å². The molecule has 0 aliphatic heterocycles. The Morgan fingerprint density at radius 1 is 1.18 bits per heavy atom. The average molecular weight is 332 g/mol. The number of phenolic OH excluding ortho intramolecular Hbond substituents is 1. The summed E-state index contributed by atoms with van der Waals surface area (Å²) in [7, 11) is 0. The molecular formula is C16H7Cl2NO3. The predicted molar refractivity (Wildman–Crippen MR) is 84.3 cm³/mol. The highest BCUT2D eigenvalue weighted by Gasteiger charge is 2.17. The van der Waals surface area contributed by atoms with Gasteiger partial charge in [-0.1, -0.05) is 35.3 Å². The van der Waals surface area contributed by atoms with Crippen molar-refractivity contribution in [2.24, 2.45) is 0 Å². The van der Waals surface area contributed by atoms with Gasteiger partial charge in [0.2, 0.25) is 0 Å². The van der Waals surface area contributed by atoms with Gasteiger partial charge in [-0.2, -0.15) is 5.26 Å². The second kappa shape index (κ2) is 5.38. The molecule has 1 heterocycles. The quantitative estimate of drug-likeness (QED) is 0.719. The van der Waals surface area contributed by atoms with Gasteiger partial charge in [0.05, 0.1) is 27.1 Å². The first kappa shape index (κ1) is 14.5. The molecule has 0 fully saturated rings. The van der Waals surface area contributed by atoms with Crippen LogP contribution in [-0.4, -0.2) is 5.11 Å². The third-order valence-electron chi connectivity index (χ3n) is 3.20. The summed E-state index contributed by atoms with van der Waals surface area (Å²) in [6.45, 7) is 0. The molecule has 1 N–H and O–H groups in total. The van der Waals surface area contributed by atoms with Gasteiger partial charge in [-0.05, 0) is 12.1 Å². The minimum atomic E-state index is -0.430. The van der Waals surface area contributed by atoms with Crippen LogP contribution in [0.2, 0.25) is 10.0 Å². The second-order valence-corrected chi connectivity index (χ2v) is 5.31. The van der Waals surface area contributed by atoms with Crippen LogP contribution in [-0.2, 0) is 0 Å². The largest absolute Gasteiger partial charge is 0.505 e. The van der Waals surface area contributed by atoms with Crippen LogP contribution in [0.25, 0.3) is 22.3 Å².